The molecule has 0 bridgehead atoms. The van der Waals surface area contributed by atoms with E-state index in [9.17, 15) is 4.79 Å². The fraction of sp³-hybridized carbons (Fsp3) is 0.846. The number of nitriles is 1. The van der Waals surface area contributed by atoms with Crippen molar-refractivity contribution in [3.05, 3.63) is 0 Å². The largest absolute Gasteiger partial charge is 0.341 e. The molecule has 1 saturated heterocycles. The number of rotatable bonds is 3. The first kappa shape index (κ1) is 14.0. The van der Waals surface area contributed by atoms with Crippen LogP contribution in [0.1, 0.15) is 26.7 Å². The number of carbonyl (C=O) groups is 1. The second-order valence-corrected chi connectivity index (χ2v) is 5.73. The van der Waals surface area contributed by atoms with Gasteiger partial charge in [-0.3, -0.25) is 4.79 Å². The molecule has 1 fully saturated rings. The molecular formula is C13H23N3O. The van der Waals surface area contributed by atoms with Gasteiger partial charge in [0.05, 0.1) is 6.07 Å². The Morgan fingerprint density at radius 1 is 1.41 bits per heavy atom. The first-order valence-electron chi connectivity index (χ1n) is 6.22. The lowest BCUT2D eigenvalue weighted by Crippen LogP contribution is -2.45. The summed E-state index contributed by atoms with van der Waals surface area (Å²) in [5.41, 5.74) is -0.881. The average Bonchev–Trinajstić information content (AvgIpc) is 2.28. The van der Waals surface area contributed by atoms with E-state index < -0.39 is 5.41 Å². The molecule has 96 valence electrons. The predicted molar refractivity (Wildman–Crippen MR) is 67.3 cm³/mol. The molecule has 1 amide bonds. The molecule has 4 nitrogen and oxygen atoms in total. The molecule has 0 aliphatic carbocycles. The molecule has 0 N–H and O–H groups in total. The van der Waals surface area contributed by atoms with Gasteiger partial charge in [0, 0.05) is 19.6 Å². The van der Waals surface area contributed by atoms with Crippen molar-refractivity contribution in [3.63, 3.8) is 0 Å². The minimum atomic E-state index is -0.881. The van der Waals surface area contributed by atoms with Gasteiger partial charge in [0.15, 0.2) is 0 Å². The Hall–Kier alpha value is -1.08. The van der Waals surface area contributed by atoms with Crippen molar-refractivity contribution in [1.82, 2.24) is 9.80 Å². The third-order valence-corrected chi connectivity index (χ3v) is 3.34. The summed E-state index contributed by atoms with van der Waals surface area (Å²) in [7, 11) is 4.16. The van der Waals surface area contributed by atoms with E-state index in [1.807, 2.05) is 4.90 Å². The quantitative estimate of drug-likeness (QED) is 0.744. The highest BCUT2D eigenvalue weighted by Gasteiger charge is 2.33. The molecule has 0 aromatic rings. The number of likely N-dealkylation sites (tertiary alicyclic amines) is 1. The van der Waals surface area contributed by atoms with Gasteiger partial charge in [-0.25, -0.2) is 0 Å². The van der Waals surface area contributed by atoms with E-state index in [-0.39, 0.29) is 5.91 Å². The van der Waals surface area contributed by atoms with E-state index in [1.165, 1.54) is 0 Å². The maximum atomic E-state index is 12.1. The van der Waals surface area contributed by atoms with Crippen LogP contribution in [0.4, 0.5) is 0 Å². The summed E-state index contributed by atoms with van der Waals surface area (Å²) >= 11 is 0. The smallest absolute Gasteiger partial charge is 0.242 e. The molecule has 0 aromatic heterocycles. The van der Waals surface area contributed by atoms with Crippen LogP contribution >= 0.6 is 0 Å². The zero-order chi connectivity index (χ0) is 13.1. The molecule has 0 saturated carbocycles. The summed E-state index contributed by atoms with van der Waals surface area (Å²) < 4.78 is 0. The molecule has 0 spiro atoms. The van der Waals surface area contributed by atoms with Crippen molar-refractivity contribution >= 4 is 5.91 Å². The van der Waals surface area contributed by atoms with E-state index in [2.05, 4.69) is 25.1 Å². The first-order chi connectivity index (χ1) is 7.86. The maximum Gasteiger partial charge on any atom is 0.242 e. The molecule has 4 heteroatoms. The molecule has 1 aliphatic rings. The molecule has 0 atom stereocenters. The Morgan fingerprint density at radius 3 is 2.35 bits per heavy atom. The van der Waals surface area contributed by atoms with E-state index in [1.54, 1.807) is 13.8 Å². The third kappa shape index (κ3) is 3.71. The summed E-state index contributed by atoms with van der Waals surface area (Å²) in [5.74, 6) is 0.655. The lowest BCUT2D eigenvalue weighted by atomic mass is 9.90. The minimum Gasteiger partial charge on any atom is -0.341 e. The van der Waals surface area contributed by atoms with Gasteiger partial charge >= 0.3 is 0 Å². The van der Waals surface area contributed by atoms with Gasteiger partial charge in [-0.2, -0.15) is 5.26 Å². The second-order valence-electron chi connectivity index (χ2n) is 5.73. The summed E-state index contributed by atoms with van der Waals surface area (Å²) in [6.45, 7) is 6.07. The van der Waals surface area contributed by atoms with Crippen LogP contribution < -0.4 is 0 Å². The van der Waals surface area contributed by atoms with E-state index >= 15 is 0 Å². The molecule has 0 aromatic carbocycles. The number of hydrogen-bond acceptors (Lipinski definition) is 3. The van der Waals surface area contributed by atoms with Crippen LogP contribution in [0, 0.1) is 22.7 Å². The molecule has 1 aliphatic heterocycles. The minimum absolute atomic E-state index is 0.0247. The monoisotopic (exact) mass is 237 g/mol. The Bertz CT molecular complexity index is 309. The molecule has 1 heterocycles. The Labute approximate surface area is 104 Å². The van der Waals surface area contributed by atoms with E-state index in [4.69, 9.17) is 5.26 Å². The fourth-order valence-electron chi connectivity index (χ4n) is 2.28. The Kier molecular flexibility index (Phi) is 4.53. The maximum absolute atomic E-state index is 12.1. The van der Waals surface area contributed by atoms with Gasteiger partial charge in [0.2, 0.25) is 5.91 Å². The Morgan fingerprint density at radius 2 is 1.94 bits per heavy atom. The van der Waals surface area contributed by atoms with Crippen LogP contribution in [0.5, 0.6) is 0 Å². The number of nitrogens with zero attached hydrogens (tertiary/aromatic N) is 3. The van der Waals surface area contributed by atoms with E-state index in [0.29, 0.717) is 5.92 Å². The zero-order valence-electron chi connectivity index (χ0n) is 11.4. The van der Waals surface area contributed by atoms with Gasteiger partial charge < -0.3 is 9.80 Å². The van der Waals surface area contributed by atoms with Crippen LogP contribution in [-0.4, -0.2) is 49.4 Å². The zero-order valence-corrected chi connectivity index (χ0v) is 11.4. The highest BCUT2D eigenvalue weighted by atomic mass is 16.2. The van der Waals surface area contributed by atoms with Crippen LogP contribution in [0.15, 0.2) is 0 Å². The molecule has 0 unspecified atom stereocenters. The van der Waals surface area contributed by atoms with Crippen molar-refractivity contribution in [2.75, 3.05) is 33.7 Å². The Balaban J connectivity index is 2.48. The topological polar surface area (TPSA) is 47.3 Å². The average molecular weight is 237 g/mol. The third-order valence-electron chi connectivity index (χ3n) is 3.34. The molecule has 0 radical (unpaired) electrons. The van der Waals surface area contributed by atoms with Crippen LogP contribution in [0.2, 0.25) is 0 Å². The van der Waals surface area contributed by atoms with Crippen LogP contribution in [-0.2, 0) is 4.79 Å². The molecule has 1 rings (SSSR count). The van der Waals surface area contributed by atoms with Crippen molar-refractivity contribution in [1.29, 1.82) is 5.26 Å². The van der Waals surface area contributed by atoms with Crippen molar-refractivity contribution < 1.29 is 4.79 Å². The van der Waals surface area contributed by atoms with Crippen molar-refractivity contribution in [2.45, 2.75) is 26.7 Å². The predicted octanol–water partition coefficient (Wildman–Crippen LogP) is 1.34. The summed E-state index contributed by atoms with van der Waals surface area (Å²) in [4.78, 5) is 16.1. The SMILES string of the molecule is CN(C)CC1CCN(C(=O)C(C)(C)C#N)CC1. The van der Waals surface area contributed by atoms with Crippen molar-refractivity contribution in [2.24, 2.45) is 11.3 Å². The van der Waals surface area contributed by atoms with E-state index in [0.717, 1.165) is 32.5 Å². The first-order valence-corrected chi connectivity index (χ1v) is 6.22. The summed E-state index contributed by atoms with van der Waals surface area (Å²) in [6, 6.07) is 2.08. The summed E-state index contributed by atoms with van der Waals surface area (Å²) in [6.07, 6.45) is 2.09. The number of amides is 1. The normalized spacial score (nSPS) is 18.2. The van der Waals surface area contributed by atoms with Gasteiger partial charge in [-0.15, -0.1) is 0 Å². The number of piperidine rings is 1. The van der Waals surface area contributed by atoms with Crippen LogP contribution in [0.25, 0.3) is 0 Å². The van der Waals surface area contributed by atoms with Gasteiger partial charge in [0.25, 0.3) is 0 Å². The van der Waals surface area contributed by atoms with Gasteiger partial charge in [0.1, 0.15) is 5.41 Å². The van der Waals surface area contributed by atoms with Gasteiger partial charge in [-0.1, -0.05) is 0 Å². The lowest BCUT2D eigenvalue weighted by Gasteiger charge is -2.35. The van der Waals surface area contributed by atoms with Gasteiger partial charge in [-0.05, 0) is 46.7 Å². The number of carbonyl (C=O) groups excluding carboxylic acids is 1. The lowest BCUT2D eigenvalue weighted by molar-refractivity contribution is -0.139. The molecule has 17 heavy (non-hydrogen) atoms. The second kappa shape index (κ2) is 5.50. The van der Waals surface area contributed by atoms with Crippen molar-refractivity contribution in [3.8, 4) is 6.07 Å². The highest BCUT2D eigenvalue weighted by molar-refractivity contribution is 5.84. The number of hydrogen-bond donors (Lipinski definition) is 0. The standard InChI is InChI=1S/C13H23N3O/c1-13(2,10-14)12(17)16-7-5-11(6-8-16)9-15(3)4/h11H,5-9H2,1-4H3. The fourth-order valence-corrected chi connectivity index (χ4v) is 2.28. The summed E-state index contributed by atoms with van der Waals surface area (Å²) in [5, 5.41) is 8.96. The highest BCUT2D eigenvalue weighted by Crippen LogP contribution is 2.23. The molecular weight excluding hydrogens is 214 g/mol. The van der Waals surface area contributed by atoms with Crippen LogP contribution in [0.3, 0.4) is 0 Å².